The molecule has 2 aromatic rings. The highest BCUT2D eigenvalue weighted by Gasteiger charge is 2.17. The van der Waals surface area contributed by atoms with Crippen molar-refractivity contribution in [1.82, 2.24) is 14.9 Å². The molecular weight excluding hydrogens is 322 g/mol. The number of hydrogen-bond acceptors (Lipinski definition) is 3. The maximum Gasteiger partial charge on any atom is 0.261 e. The van der Waals surface area contributed by atoms with E-state index in [1.807, 2.05) is 6.92 Å². The third-order valence-corrected chi connectivity index (χ3v) is 4.64. The summed E-state index contributed by atoms with van der Waals surface area (Å²) in [6.07, 6.45) is 5.79. The van der Waals surface area contributed by atoms with Crippen molar-refractivity contribution in [2.75, 3.05) is 6.54 Å². The molecule has 132 valence electrons. The average molecular weight is 350 g/mol. The lowest BCUT2D eigenvalue weighted by Gasteiger charge is -2.21. The highest BCUT2D eigenvalue weighted by atomic mass is 35.5. The van der Waals surface area contributed by atoms with Crippen LogP contribution in [0.3, 0.4) is 0 Å². The zero-order valence-electron chi connectivity index (χ0n) is 14.9. The normalized spacial score (nSPS) is 12.7. The van der Waals surface area contributed by atoms with Gasteiger partial charge in [0, 0.05) is 11.6 Å². The van der Waals surface area contributed by atoms with E-state index < -0.39 is 0 Å². The summed E-state index contributed by atoms with van der Waals surface area (Å²) in [6, 6.07) is 5.37. The lowest BCUT2D eigenvalue weighted by Crippen LogP contribution is -2.32. The summed E-state index contributed by atoms with van der Waals surface area (Å²) in [5.41, 5.74) is 0.693. The highest BCUT2D eigenvalue weighted by molar-refractivity contribution is 6.31. The molecule has 0 aliphatic rings. The van der Waals surface area contributed by atoms with Crippen molar-refractivity contribution in [2.24, 2.45) is 0 Å². The number of fused-ring (bicyclic) bond motifs is 1. The molecule has 0 aliphatic carbocycles. The first kappa shape index (κ1) is 18.9. The van der Waals surface area contributed by atoms with Gasteiger partial charge >= 0.3 is 0 Å². The molecule has 5 heteroatoms. The van der Waals surface area contributed by atoms with E-state index in [1.54, 1.807) is 22.8 Å². The molecule has 0 saturated carbocycles. The van der Waals surface area contributed by atoms with Crippen LogP contribution in [-0.2, 0) is 6.54 Å². The second-order valence-corrected chi connectivity index (χ2v) is 6.59. The minimum absolute atomic E-state index is 0.0143. The summed E-state index contributed by atoms with van der Waals surface area (Å²) in [7, 11) is 0. The van der Waals surface area contributed by atoms with E-state index in [0.29, 0.717) is 22.5 Å². The van der Waals surface area contributed by atoms with Crippen LogP contribution in [0, 0.1) is 0 Å². The molecule has 1 atom stereocenters. The SMILES string of the molecule is CCCCCCN[C@H](CC)c1nc2cc(Cl)ccc2c(=O)n1CC. The Morgan fingerprint density at radius 3 is 2.67 bits per heavy atom. The van der Waals surface area contributed by atoms with Crippen LogP contribution >= 0.6 is 11.6 Å². The van der Waals surface area contributed by atoms with E-state index in [1.165, 1.54) is 19.3 Å². The Hall–Kier alpha value is -1.39. The van der Waals surface area contributed by atoms with E-state index >= 15 is 0 Å². The van der Waals surface area contributed by atoms with Gasteiger partial charge in [-0.05, 0) is 44.5 Å². The van der Waals surface area contributed by atoms with Crippen LogP contribution in [0.25, 0.3) is 10.9 Å². The van der Waals surface area contributed by atoms with Crippen molar-refractivity contribution >= 4 is 22.5 Å². The van der Waals surface area contributed by atoms with Gasteiger partial charge in [0.15, 0.2) is 0 Å². The fourth-order valence-electron chi connectivity index (χ4n) is 3.03. The van der Waals surface area contributed by atoms with Gasteiger partial charge in [0.2, 0.25) is 0 Å². The smallest absolute Gasteiger partial charge is 0.261 e. The van der Waals surface area contributed by atoms with Crippen molar-refractivity contribution in [1.29, 1.82) is 0 Å². The Morgan fingerprint density at radius 1 is 1.21 bits per heavy atom. The number of nitrogens with one attached hydrogen (secondary N) is 1. The van der Waals surface area contributed by atoms with Crippen molar-refractivity contribution in [3.63, 3.8) is 0 Å². The zero-order valence-corrected chi connectivity index (χ0v) is 15.7. The second-order valence-electron chi connectivity index (χ2n) is 6.16. The summed E-state index contributed by atoms with van der Waals surface area (Å²) in [6.45, 7) is 7.89. The topological polar surface area (TPSA) is 46.9 Å². The molecule has 0 bridgehead atoms. The van der Waals surface area contributed by atoms with Crippen molar-refractivity contribution in [3.05, 3.63) is 39.4 Å². The first-order valence-electron chi connectivity index (χ1n) is 9.05. The molecular formula is C19H28ClN3O. The van der Waals surface area contributed by atoms with Crippen LogP contribution in [0.5, 0.6) is 0 Å². The van der Waals surface area contributed by atoms with Crippen LogP contribution in [0.15, 0.2) is 23.0 Å². The molecule has 2 rings (SSSR count). The Bertz CT molecular complexity index is 726. The number of aromatic nitrogens is 2. The monoisotopic (exact) mass is 349 g/mol. The predicted molar refractivity (Wildman–Crippen MR) is 102 cm³/mol. The van der Waals surface area contributed by atoms with Gasteiger partial charge in [0.05, 0.1) is 16.9 Å². The fraction of sp³-hybridized carbons (Fsp3) is 0.579. The first-order valence-corrected chi connectivity index (χ1v) is 9.43. The van der Waals surface area contributed by atoms with Crippen molar-refractivity contribution in [3.8, 4) is 0 Å². The molecule has 0 spiro atoms. The van der Waals surface area contributed by atoms with Crippen LogP contribution in [-0.4, -0.2) is 16.1 Å². The molecule has 1 aromatic carbocycles. The molecule has 0 amide bonds. The Kier molecular flexibility index (Phi) is 7.25. The minimum Gasteiger partial charge on any atom is -0.307 e. The molecule has 4 nitrogen and oxygen atoms in total. The summed E-state index contributed by atoms with van der Waals surface area (Å²) in [5, 5.41) is 4.80. The van der Waals surface area contributed by atoms with E-state index in [4.69, 9.17) is 16.6 Å². The lowest BCUT2D eigenvalue weighted by atomic mass is 10.1. The number of rotatable bonds is 9. The molecule has 0 saturated heterocycles. The Morgan fingerprint density at radius 2 is 2.00 bits per heavy atom. The fourth-order valence-corrected chi connectivity index (χ4v) is 3.20. The quantitative estimate of drug-likeness (QED) is 0.668. The zero-order chi connectivity index (χ0) is 17.5. The number of halogens is 1. The first-order chi connectivity index (χ1) is 11.6. The molecule has 1 N–H and O–H groups in total. The van der Waals surface area contributed by atoms with Gasteiger partial charge < -0.3 is 5.32 Å². The average Bonchev–Trinajstić information content (AvgIpc) is 2.58. The van der Waals surface area contributed by atoms with E-state index in [0.717, 1.165) is 25.2 Å². The van der Waals surface area contributed by atoms with Crippen LogP contribution in [0.4, 0.5) is 0 Å². The van der Waals surface area contributed by atoms with Gasteiger partial charge in [0.1, 0.15) is 5.82 Å². The van der Waals surface area contributed by atoms with Crippen molar-refractivity contribution < 1.29 is 0 Å². The molecule has 1 heterocycles. The second kappa shape index (κ2) is 9.19. The Balaban J connectivity index is 2.32. The van der Waals surface area contributed by atoms with Gasteiger partial charge in [-0.3, -0.25) is 9.36 Å². The highest BCUT2D eigenvalue weighted by Crippen LogP contribution is 2.19. The van der Waals surface area contributed by atoms with E-state index in [9.17, 15) is 4.79 Å². The predicted octanol–water partition coefficient (Wildman–Crippen LogP) is 4.69. The number of hydrogen-bond donors (Lipinski definition) is 1. The summed E-state index contributed by atoms with van der Waals surface area (Å²) in [5.74, 6) is 0.815. The van der Waals surface area contributed by atoms with Crippen LogP contribution in [0.2, 0.25) is 5.02 Å². The molecule has 24 heavy (non-hydrogen) atoms. The van der Waals surface area contributed by atoms with Gasteiger partial charge in [-0.15, -0.1) is 0 Å². The minimum atomic E-state index is 0.0143. The third-order valence-electron chi connectivity index (χ3n) is 4.40. The molecule has 1 aromatic heterocycles. The molecule has 0 fully saturated rings. The number of unbranched alkanes of at least 4 members (excludes halogenated alkanes) is 3. The molecule has 0 aliphatic heterocycles. The van der Waals surface area contributed by atoms with Gasteiger partial charge in [-0.25, -0.2) is 4.98 Å². The molecule has 0 radical (unpaired) electrons. The van der Waals surface area contributed by atoms with Crippen molar-refractivity contribution in [2.45, 2.75) is 65.5 Å². The standard InChI is InChI=1S/C19H28ClN3O/c1-4-7-8-9-12-21-16(5-2)18-22-17-13-14(20)10-11-15(17)19(24)23(18)6-3/h10-11,13,16,21H,4-9,12H2,1-3H3/t16-/m1/s1. The largest absolute Gasteiger partial charge is 0.307 e. The Labute approximate surface area is 149 Å². The summed E-state index contributed by atoms with van der Waals surface area (Å²) >= 11 is 6.08. The summed E-state index contributed by atoms with van der Waals surface area (Å²) in [4.78, 5) is 17.5. The van der Waals surface area contributed by atoms with Gasteiger partial charge in [-0.1, -0.05) is 44.7 Å². The molecule has 0 unspecified atom stereocenters. The maximum absolute atomic E-state index is 12.8. The van der Waals surface area contributed by atoms with E-state index in [2.05, 4.69) is 19.2 Å². The third kappa shape index (κ3) is 4.37. The number of benzene rings is 1. The lowest BCUT2D eigenvalue weighted by molar-refractivity contribution is 0.453. The van der Waals surface area contributed by atoms with Crippen LogP contribution in [0.1, 0.15) is 64.7 Å². The maximum atomic E-state index is 12.8. The summed E-state index contributed by atoms with van der Waals surface area (Å²) < 4.78 is 1.78. The van der Waals surface area contributed by atoms with E-state index in [-0.39, 0.29) is 11.6 Å². The van der Waals surface area contributed by atoms with Crippen LogP contribution < -0.4 is 10.9 Å². The van der Waals surface area contributed by atoms with Gasteiger partial charge in [0.25, 0.3) is 5.56 Å². The van der Waals surface area contributed by atoms with Gasteiger partial charge in [-0.2, -0.15) is 0 Å². The number of nitrogens with zero attached hydrogens (tertiary/aromatic N) is 2.